The van der Waals surface area contributed by atoms with Crippen LogP contribution < -0.4 is 10.1 Å². The van der Waals surface area contributed by atoms with E-state index in [2.05, 4.69) is 5.32 Å². The Morgan fingerprint density at radius 1 is 1.27 bits per heavy atom. The van der Waals surface area contributed by atoms with Crippen LogP contribution in [-0.4, -0.2) is 41.9 Å². The van der Waals surface area contributed by atoms with Crippen molar-refractivity contribution in [3.05, 3.63) is 29.3 Å². The predicted molar refractivity (Wildman–Crippen MR) is 101 cm³/mol. The Kier molecular flexibility index (Phi) is 6.41. The summed E-state index contributed by atoms with van der Waals surface area (Å²) in [5.41, 5.74) is 0. The minimum absolute atomic E-state index is 0.00917. The molecule has 5 nitrogen and oxygen atoms in total. The van der Waals surface area contributed by atoms with E-state index >= 15 is 0 Å². The van der Waals surface area contributed by atoms with Gasteiger partial charge in [0.1, 0.15) is 5.75 Å². The molecule has 2 aliphatic rings. The lowest BCUT2D eigenvalue weighted by Crippen LogP contribution is -2.44. The van der Waals surface area contributed by atoms with Gasteiger partial charge in [-0.2, -0.15) is 0 Å². The van der Waals surface area contributed by atoms with Crippen molar-refractivity contribution in [3.63, 3.8) is 0 Å². The number of halogens is 1. The molecule has 1 aliphatic heterocycles. The molecule has 1 unspecified atom stereocenters. The van der Waals surface area contributed by atoms with Crippen molar-refractivity contribution in [1.82, 2.24) is 10.2 Å². The maximum atomic E-state index is 12.6. The summed E-state index contributed by atoms with van der Waals surface area (Å²) in [5, 5.41) is 3.62. The molecule has 1 aliphatic carbocycles. The molecule has 0 bridgehead atoms. The number of carbonyl (C=O) groups is 2. The van der Waals surface area contributed by atoms with E-state index in [-0.39, 0.29) is 11.8 Å². The molecule has 1 aromatic rings. The third-order valence-electron chi connectivity index (χ3n) is 5.11. The largest absolute Gasteiger partial charge is 0.481 e. The third-order valence-corrected chi connectivity index (χ3v) is 5.34. The highest BCUT2D eigenvalue weighted by Gasteiger charge is 2.28. The van der Waals surface area contributed by atoms with E-state index in [4.69, 9.17) is 16.3 Å². The quantitative estimate of drug-likeness (QED) is 0.791. The minimum atomic E-state index is -0.533. The minimum Gasteiger partial charge on any atom is -0.481 e. The molecule has 1 N–H and O–H groups in total. The first-order valence-corrected chi connectivity index (χ1v) is 9.89. The zero-order chi connectivity index (χ0) is 18.5. The van der Waals surface area contributed by atoms with E-state index in [9.17, 15) is 9.59 Å². The van der Waals surface area contributed by atoms with E-state index in [1.807, 2.05) is 4.90 Å². The van der Waals surface area contributed by atoms with Crippen LogP contribution >= 0.6 is 11.6 Å². The molecule has 1 aromatic carbocycles. The van der Waals surface area contributed by atoms with E-state index < -0.39 is 6.10 Å². The number of benzene rings is 1. The van der Waals surface area contributed by atoms with E-state index in [1.165, 1.54) is 0 Å². The monoisotopic (exact) mass is 378 g/mol. The number of hydrogen-bond donors (Lipinski definition) is 1. The van der Waals surface area contributed by atoms with Gasteiger partial charge in [0, 0.05) is 30.6 Å². The summed E-state index contributed by atoms with van der Waals surface area (Å²) in [6, 6.07) is 7.53. The number of piperidine rings is 1. The van der Waals surface area contributed by atoms with Crippen LogP contribution in [0.3, 0.4) is 0 Å². The first kappa shape index (κ1) is 19.0. The maximum absolute atomic E-state index is 12.6. The highest BCUT2D eigenvalue weighted by Crippen LogP contribution is 2.24. The molecule has 1 saturated heterocycles. The standard InChI is InChI=1S/C20H27ClN2O3/c1-14(26-18-4-2-3-16(21)13-18)20(25)23-11-9-15(10-12-23)5-8-19(24)22-17-6-7-17/h2-4,13-15,17H,5-12H2,1H3,(H,22,24). The highest BCUT2D eigenvalue weighted by molar-refractivity contribution is 6.30. The van der Waals surface area contributed by atoms with Crippen LogP contribution in [0.2, 0.25) is 5.02 Å². The van der Waals surface area contributed by atoms with Gasteiger partial charge in [-0.15, -0.1) is 0 Å². The lowest BCUT2D eigenvalue weighted by Gasteiger charge is -2.33. The lowest BCUT2D eigenvalue weighted by molar-refractivity contribution is -0.139. The van der Waals surface area contributed by atoms with Gasteiger partial charge in [-0.05, 0) is 63.1 Å². The Bertz CT molecular complexity index is 640. The summed E-state index contributed by atoms with van der Waals surface area (Å²) in [7, 11) is 0. The SMILES string of the molecule is CC(Oc1cccc(Cl)c1)C(=O)N1CCC(CCC(=O)NC2CC2)CC1. The predicted octanol–water partition coefficient (Wildman–Crippen LogP) is 3.40. The summed E-state index contributed by atoms with van der Waals surface area (Å²) in [6.07, 6.45) is 5.13. The van der Waals surface area contributed by atoms with Gasteiger partial charge < -0.3 is 15.0 Å². The number of amides is 2. The molecule has 1 heterocycles. The topological polar surface area (TPSA) is 58.6 Å². The third kappa shape index (κ3) is 5.63. The Hall–Kier alpha value is -1.75. The lowest BCUT2D eigenvalue weighted by atomic mass is 9.92. The first-order chi connectivity index (χ1) is 12.5. The summed E-state index contributed by atoms with van der Waals surface area (Å²) >= 11 is 5.95. The molecule has 142 valence electrons. The molecule has 2 fully saturated rings. The van der Waals surface area contributed by atoms with Crippen LogP contribution in [-0.2, 0) is 9.59 Å². The smallest absolute Gasteiger partial charge is 0.263 e. The van der Waals surface area contributed by atoms with Gasteiger partial charge in [-0.25, -0.2) is 0 Å². The van der Waals surface area contributed by atoms with Crippen LogP contribution in [0.4, 0.5) is 0 Å². The average Bonchev–Trinajstić information content (AvgIpc) is 3.44. The van der Waals surface area contributed by atoms with Crippen LogP contribution in [0.15, 0.2) is 24.3 Å². The van der Waals surface area contributed by atoms with Gasteiger partial charge in [0.2, 0.25) is 5.91 Å². The first-order valence-electron chi connectivity index (χ1n) is 9.51. The number of nitrogens with zero attached hydrogens (tertiary/aromatic N) is 1. The van der Waals surface area contributed by atoms with Gasteiger partial charge in [0.25, 0.3) is 5.91 Å². The second-order valence-corrected chi connectivity index (χ2v) is 7.80. The fourth-order valence-corrected chi connectivity index (χ4v) is 3.54. The van der Waals surface area contributed by atoms with Crippen molar-refractivity contribution in [3.8, 4) is 5.75 Å². The average molecular weight is 379 g/mol. The number of rotatable bonds is 7. The molecular weight excluding hydrogens is 352 g/mol. The van der Waals surface area contributed by atoms with Crippen molar-refractivity contribution in [2.45, 2.75) is 57.6 Å². The molecule has 1 atom stereocenters. The number of carbonyl (C=O) groups excluding carboxylic acids is 2. The Labute approximate surface area is 160 Å². The molecule has 0 spiro atoms. The maximum Gasteiger partial charge on any atom is 0.263 e. The molecule has 26 heavy (non-hydrogen) atoms. The Morgan fingerprint density at radius 3 is 2.65 bits per heavy atom. The van der Waals surface area contributed by atoms with Gasteiger partial charge in [0.15, 0.2) is 6.10 Å². The van der Waals surface area contributed by atoms with Crippen molar-refractivity contribution in [2.75, 3.05) is 13.1 Å². The molecule has 0 radical (unpaired) electrons. The van der Waals surface area contributed by atoms with E-state index in [1.54, 1.807) is 31.2 Å². The van der Waals surface area contributed by atoms with Crippen LogP contribution in [0.1, 0.15) is 45.4 Å². The molecular formula is C20H27ClN2O3. The normalized spacial score (nSPS) is 19.1. The zero-order valence-corrected chi connectivity index (χ0v) is 16.0. The molecule has 1 saturated carbocycles. The van der Waals surface area contributed by atoms with E-state index in [0.717, 1.165) is 45.2 Å². The number of ether oxygens (including phenoxy) is 1. The number of nitrogens with one attached hydrogen (secondary N) is 1. The Morgan fingerprint density at radius 2 is 2.00 bits per heavy atom. The van der Waals surface area contributed by atoms with Crippen molar-refractivity contribution < 1.29 is 14.3 Å². The molecule has 0 aromatic heterocycles. The van der Waals surface area contributed by atoms with Crippen molar-refractivity contribution in [2.24, 2.45) is 5.92 Å². The molecule has 6 heteroatoms. The van der Waals surface area contributed by atoms with Gasteiger partial charge in [0.05, 0.1) is 0 Å². The molecule has 3 rings (SSSR count). The summed E-state index contributed by atoms with van der Waals surface area (Å²) in [4.78, 5) is 26.3. The number of hydrogen-bond acceptors (Lipinski definition) is 3. The fraction of sp³-hybridized carbons (Fsp3) is 0.600. The molecule has 2 amide bonds. The summed E-state index contributed by atoms with van der Waals surface area (Å²) < 4.78 is 5.73. The summed E-state index contributed by atoms with van der Waals surface area (Å²) in [5.74, 6) is 1.31. The van der Waals surface area contributed by atoms with Crippen molar-refractivity contribution >= 4 is 23.4 Å². The second kappa shape index (κ2) is 8.76. The van der Waals surface area contributed by atoms with Gasteiger partial charge in [-0.1, -0.05) is 17.7 Å². The zero-order valence-electron chi connectivity index (χ0n) is 15.2. The van der Waals surface area contributed by atoms with Crippen LogP contribution in [0, 0.1) is 5.92 Å². The van der Waals surface area contributed by atoms with Gasteiger partial charge in [-0.3, -0.25) is 9.59 Å². The second-order valence-electron chi connectivity index (χ2n) is 7.37. The highest BCUT2D eigenvalue weighted by atomic mass is 35.5. The van der Waals surface area contributed by atoms with Crippen LogP contribution in [0.25, 0.3) is 0 Å². The number of likely N-dealkylation sites (tertiary alicyclic amines) is 1. The summed E-state index contributed by atoms with van der Waals surface area (Å²) in [6.45, 7) is 3.24. The van der Waals surface area contributed by atoms with E-state index in [0.29, 0.717) is 29.2 Å². The van der Waals surface area contributed by atoms with Gasteiger partial charge >= 0.3 is 0 Å². The van der Waals surface area contributed by atoms with Crippen molar-refractivity contribution in [1.29, 1.82) is 0 Å². The van der Waals surface area contributed by atoms with Crippen LogP contribution in [0.5, 0.6) is 5.75 Å². The fourth-order valence-electron chi connectivity index (χ4n) is 3.36. The Balaban J connectivity index is 1.39.